The molecule has 0 unspecified atom stereocenters. The summed E-state index contributed by atoms with van der Waals surface area (Å²) in [6, 6.07) is 6.21. The molecule has 6 rings (SSSR count). The zero-order valence-corrected chi connectivity index (χ0v) is 20.2. The Morgan fingerprint density at radius 1 is 1.08 bits per heavy atom. The summed E-state index contributed by atoms with van der Waals surface area (Å²) >= 11 is 0. The van der Waals surface area contributed by atoms with Crippen LogP contribution in [0.2, 0.25) is 0 Å². The minimum absolute atomic E-state index is 0.0394. The van der Waals surface area contributed by atoms with Crippen molar-refractivity contribution in [3.05, 3.63) is 53.5 Å². The number of hydrogen-bond acceptors (Lipinski definition) is 8. The van der Waals surface area contributed by atoms with Crippen molar-refractivity contribution in [1.82, 2.24) is 15.1 Å². The molecule has 0 radical (unpaired) electrons. The predicted octanol–water partition coefficient (Wildman–Crippen LogP) is 5.32. The highest BCUT2D eigenvalue weighted by Gasteiger charge is 2.43. The molecular weight excluding hydrogens is 505 g/mol. The van der Waals surface area contributed by atoms with Crippen LogP contribution in [0.4, 0.5) is 19.1 Å². The Balaban J connectivity index is 1.19. The maximum atomic E-state index is 13.0. The fourth-order valence-corrected chi connectivity index (χ4v) is 5.57. The van der Waals surface area contributed by atoms with Crippen LogP contribution in [0, 0.1) is 0 Å². The van der Waals surface area contributed by atoms with Crippen molar-refractivity contribution < 1.29 is 37.1 Å². The van der Waals surface area contributed by atoms with Crippen molar-refractivity contribution in [2.75, 3.05) is 4.90 Å². The largest absolute Gasteiger partial charge is 0.573 e. The molecule has 3 fully saturated rings. The number of anilines is 1. The van der Waals surface area contributed by atoms with E-state index in [9.17, 15) is 18.0 Å². The molecule has 2 bridgehead atoms. The Labute approximate surface area is 215 Å². The van der Waals surface area contributed by atoms with Crippen molar-refractivity contribution >= 4 is 11.9 Å². The molecule has 1 aliphatic carbocycles. The van der Waals surface area contributed by atoms with Gasteiger partial charge in [-0.2, -0.15) is 0 Å². The number of fused-ring (bicyclic) bond motifs is 2. The second-order valence-corrected chi connectivity index (χ2v) is 9.97. The number of piperidine rings is 1. The first-order valence-corrected chi connectivity index (χ1v) is 12.6. The Kier molecular flexibility index (Phi) is 6.21. The molecule has 1 N–H and O–H groups in total. The van der Waals surface area contributed by atoms with Gasteiger partial charge in [-0.15, -0.1) is 13.2 Å². The van der Waals surface area contributed by atoms with Gasteiger partial charge in [-0.3, -0.25) is 0 Å². The first-order valence-electron chi connectivity index (χ1n) is 12.6. The Bertz CT molecular complexity index is 1310. The summed E-state index contributed by atoms with van der Waals surface area (Å²) in [5, 5.41) is 13.3. The number of alkyl halides is 3. The number of ether oxygens (including phenoxy) is 2. The molecule has 12 heteroatoms. The smallest absolute Gasteiger partial charge is 0.478 e. The fraction of sp³-hybridized carbons (Fsp3) is 0.462. The molecule has 3 atom stereocenters. The summed E-state index contributed by atoms with van der Waals surface area (Å²) in [5.74, 6) is -0.0433. The van der Waals surface area contributed by atoms with Crippen LogP contribution in [-0.2, 0) is 11.3 Å². The molecule has 3 aromatic rings. The molecule has 1 saturated carbocycles. The summed E-state index contributed by atoms with van der Waals surface area (Å²) in [6.07, 6.45) is 2.96. The quantitative estimate of drug-likeness (QED) is 0.414. The highest BCUT2D eigenvalue weighted by molar-refractivity contribution is 5.86. The van der Waals surface area contributed by atoms with Crippen molar-refractivity contribution in [3.63, 3.8) is 0 Å². The van der Waals surface area contributed by atoms with Gasteiger partial charge in [0.15, 0.2) is 0 Å². The molecule has 1 aromatic carbocycles. The Morgan fingerprint density at radius 2 is 1.76 bits per heavy atom. The number of hydrogen-bond donors (Lipinski definition) is 1. The predicted molar refractivity (Wildman–Crippen MR) is 127 cm³/mol. The Hall–Kier alpha value is -3.67. The second kappa shape index (κ2) is 9.57. The highest BCUT2D eigenvalue weighted by atomic mass is 19.4. The topological polar surface area (TPSA) is 111 Å². The van der Waals surface area contributed by atoms with Crippen LogP contribution in [-0.4, -0.2) is 50.8 Å². The summed E-state index contributed by atoms with van der Waals surface area (Å²) in [6.45, 7) is 0.166. The first kappa shape index (κ1) is 24.7. The Morgan fingerprint density at radius 3 is 2.39 bits per heavy atom. The molecule has 2 aromatic heterocycles. The third-order valence-electron chi connectivity index (χ3n) is 7.40. The summed E-state index contributed by atoms with van der Waals surface area (Å²) < 4.78 is 55.3. The van der Waals surface area contributed by atoms with Gasteiger partial charge < -0.3 is 24.0 Å². The lowest BCUT2D eigenvalue weighted by Crippen LogP contribution is -2.46. The van der Waals surface area contributed by atoms with Crippen LogP contribution < -0.4 is 9.64 Å². The third-order valence-corrected chi connectivity index (χ3v) is 7.40. The maximum Gasteiger partial charge on any atom is 0.573 e. The van der Waals surface area contributed by atoms with E-state index in [0.29, 0.717) is 23.0 Å². The van der Waals surface area contributed by atoms with Crippen LogP contribution in [0.1, 0.15) is 66.1 Å². The molecule has 0 amide bonds. The summed E-state index contributed by atoms with van der Waals surface area (Å²) in [5.41, 5.74) is 1.21. The second-order valence-electron chi connectivity index (χ2n) is 9.97. The molecule has 2 aliphatic heterocycles. The van der Waals surface area contributed by atoms with E-state index in [1.807, 2.05) is 0 Å². The number of nitrogens with zero attached hydrogens (tertiary/aromatic N) is 4. The molecular formula is C26H25F3N4O5. The van der Waals surface area contributed by atoms with Gasteiger partial charge in [0.05, 0.1) is 18.3 Å². The van der Waals surface area contributed by atoms with Crippen molar-refractivity contribution in [1.29, 1.82) is 0 Å². The zero-order valence-electron chi connectivity index (χ0n) is 20.2. The van der Waals surface area contributed by atoms with Crippen LogP contribution >= 0.6 is 0 Å². The van der Waals surface area contributed by atoms with E-state index < -0.39 is 12.3 Å². The number of aromatic carboxylic acids is 1. The van der Waals surface area contributed by atoms with Gasteiger partial charge in [0.2, 0.25) is 5.95 Å². The van der Waals surface area contributed by atoms with Gasteiger partial charge in [0.25, 0.3) is 0 Å². The van der Waals surface area contributed by atoms with Crippen molar-refractivity contribution in [2.45, 2.75) is 75.6 Å². The molecule has 38 heavy (non-hydrogen) atoms. The van der Waals surface area contributed by atoms with Crippen LogP contribution in [0.15, 0.2) is 41.2 Å². The number of carboxylic acid groups (broad SMARTS) is 1. The minimum Gasteiger partial charge on any atom is -0.478 e. The number of carboxylic acids is 1. The van der Waals surface area contributed by atoms with Crippen LogP contribution in [0.3, 0.4) is 0 Å². The van der Waals surface area contributed by atoms with E-state index in [4.69, 9.17) is 14.4 Å². The van der Waals surface area contributed by atoms with E-state index in [1.165, 1.54) is 30.6 Å². The van der Waals surface area contributed by atoms with Gasteiger partial charge in [0.1, 0.15) is 17.2 Å². The molecule has 9 nitrogen and oxygen atoms in total. The lowest BCUT2D eigenvalue weighted by atomic mass is 9.99. The van der Waals surface area contributed by atoms with E-state index in [-0.39, 0.29) is 47.6 Å². The van der Waals surface area contributed by atoms with E-state index in [2.05, 4.69) is 24.8 Å². The number of aromatic nitrogens is 3. The van der Waals surface area contributed by atoms with E-state index >= 15 is 0 Å². The van der Waals surface area contributed by atoms with E-state index in [1.54, 1.807) is 6.07 Å². The van der Waals surface area contributed by atoms with Crippen molar-refractivity contribution in [3.8, 4) is 17.0 Å². The third kappa shape index (κ3) is 4.92. The number of para-hydroxylation sites is 1. The number of rotatable bonds is 8. The van der Waals surface area contributed by atoms with Gasteiger partial charge in [-0.1, -0.05) is 17.3 Å². The number of carbonyl (C=O) groups is 1. The van der Waals surface area contributed by atoms with Crippen molar-refractivity contribution in [2.24, 2.45) is 0 Å². The standard InChI is InChI=1S/C26H25F3N4O5/c27-26(28,29)37-21-4-2-1-3-19(21)22-20(23(38-32-22)14-5-6-14)13-36-18-9-16-7-8-17(10-18)33(16)25-30-11-15(12-31-25)24(34)35/h1-4,11-12,14,16-18H,5-10,13H2,(H,34,35)/t16-,17+,18+. The average molecular weight is 531 g/mol. The molecule has 200 valence electrons. The number of halogens is 3. The fourth-order valence-electron chi connectivity index (χ4n) is 5.57. The van der Waals surface area contributed by atoms with Gasteiger partial charge in [-0.05, 0) is 50.7 Å². The molecule has 3 aliphatic rings. The minimum atomic E-state index is -4.83. The van der Waals surface area contributed by atoms with Gasteiger partial charge in [0, 0.05) is 41.5 Å². The van der Waals surface area contributed by atoms with Crippen LogP contribution in [0.5, 0.6) is 5.75 Å². The normalized spacial score (nSPS) is 23.0. The highest BCUT2D eigenvalue weighted by Crippen LogP contribution is 2.46. The first-order chi connectivity index (χ1) is 18.3. The summed E-state index contributed by atoms with van der Waals surface area (Å²) in [4.78, 5) is 21.8. The molecule has 4 heterocycles. The van der Waals surface area contributed by atoms with E-state index in [0.717, 1.165) is 38.5 Å². The molecule has 2 saturated heterocycles. The maximum absolute atomic E-state index is 13.0. The van der Waals surface area contributed by atoms with Gasteiger partial charge in [-0.25, -0.2) is 14.8 Å². The molecule has 0 spiro atoms. The zero-order chi connectivity index (χ0) is 26.4. The van der Waals surface area contributed by atoms with Crippen LogP contribution in [0.25, 0.3) is 11.3 Å². The number of benzene rings is 1. The lowest BCUT2D eigenvalue weighted by Gasteiger charge is -2.38. The lowest BCUT2D eigenvalue weighted by molar-refractivity contribution is -0.274. The average Bonchev–Trinajstić information content (AvgIpc) is 3.58. The summed E-state index contributed by atoms with van der Waals surface area (Å²) in [7, 11) is 0. The monoisotopic (exact) mass is 530 g/mol. The van der Waals surface area contributed by atoms with Gasteiger partial charge >= 0.3 is 12.3 Å². The SMILES string of the molecule is O=C(O)c1cnc(N2[C@@H]3CC[C@H]2C[C@@H](OCc2c(-c4ccccc4OC(F)(F)F)noc2C2CC2)C3)nc1.